The lowest BCUT2D eigenvalue weighted by Gasteiger charge is -2.29. The largest absolute Gasteiger partial charge is 0.340 e. The highest BCUT2D eigenvalue weighted by atomic mass is 35.5. The highest BCUT2D eigenvalue weighted by molar-refractivity contribution is 7.12. The fraction of sp³-hybridized carbons (Fsp3) is 0.389. The van der Waals surface area contributed by atoms with Crippen LogP contribution in [0, 0.1) is 12.3 Å². The Bertz CT molecular complexity index is 649. The first kappa shape index (κ1) is 19.7. The monoisotopic (exact) mass is 352 g/mol. The van der Waals surface area contributed by atoms with E-state index in [1.54, 1.807) is 4.90 Å². The van der Waals surface area contributed by atoms with Crippen molar-refractivity contribution in [2.75, 3.05) is 20.1 Å². The van der Waals surface area contributed by atoms with Crippen molar-refractivity contribution >= 4 is 29.7 Å². The van der Waals surface area contributed by atoms with Crippen molar-refractivity contribution in [3.63, 3.8) is 0 Å². The molecule has 0 spiro atoms. The number of benzene rings is 1. The van der Waals surface area contributed by atoms with E-state index in [9.17, 15) is 4.79 Å². The third-order valence-electron chi connectivity index (χ3n) is 3.79. The maximum absolute atomic E-state index is 12.8. The summed E-state index contributed by atoms with van der Waals surface area (Å²) >= 11 is 1.50. The molecule has 0 saturated carbocycles. The Morgan fingerprint density at radius 3 is 2.39 bits per heavy atom. The fourth-order valence-corrected chi connectivity index (χ4v) is 3.30. The molecule has 3 nitrogen and oxygen atoms in total. The fourth-order valence-electron chi connectivity index (χ4n) is 2.39. The SMILES string of the molecule is Cc1ccc(-c2ccsc2C(=O)N(C)CC(C)(C)CN)cc1.Cl. The average molecular weight is 353 g/mol. The van der Waals surface area contributed by atoms with Crippen molar-refractivity contribution in [2.45, 2.75) is 20.8 Å². The Morgan fingerprint density at radius 1 is 1.22 bits per heavy atom. The number of hydrogen-bond acceptors (Lipinski definition) is 3. The lowest BCUT2D eigenvalue weighted by atomic mass is 9.93. The molecule has 1 amide bonds. The molecule has 1 aromatic heterocycles. The normalized spacial score (nSPS) is 11.0. The van der Waals surface area contributed by atoms with Gasteiger partial charge in [-0.15, -0.1) is 23.7 Å². The number of carbonyl (C=O) groups excluding carboxylic acids is 1. The Morgan fingerprint density at radius 2 is 1.83 bits per heavy atom. The summed E-state index contributed by atoms with van der Waals surface area (Å²) in [5.74, 6) is 0.0621. The van der Waals surface area contributed by atoms with Crippen LogP contribution in [-0.4, -0.2) is 30.9 Å². The van der Waals surface area contributed by atoms with Crippen molar-refractivity contribution < 1.29 is 4.79 Å². The van der Waals surface area contributed by atoms with Crippen LogP contribution in [-0.2, 0) is 0 Å². The van der Waals surface area contributed by atoms with Gasteiger partial charge in [-0.25, -0.2) is 0 Å². The number of aryl methyl sites for hydroxylation is 1. The van der Waals surface area contributed by atoms with Crippen molar-refractivity contribution in [2.24, 2.45) is 11.1 Å². The minimum atomic E-state index is -0.0777. The molecule has 1 heterocycles. The summed E-state index contributed by atoms with van der Waals surface area (Å²) in [4.78, 5) is 15.3. The number of halogens is 1. The van der Waals surface area contributed by atoms with E-state index in [1.165, 1.54) is 16.9 Å². The second-order valence-electron chi connectivity index (χ2n) is 6.56. The van der Waals surface area contributed by atoms with E-state index in [-0.39, 0.29) is 23.7 Å². The van der Waals surface area contributed by atoms with E-state index in [0.29, 0.717) is 13.1 Å². The minimum Gasteiger partial charge on any atom is -0.340 e. The van der Waals surface area contributed by atoms with E-state index in [2.05, 4.69) is 45.0 Å². The van der Waals surface area contributed by atoms with Crippen LogP contribution in [0.25, 0.3) is 11.1 Å². The summed E-state index contributed by atoms with van der Waals surface area (Å²) in [6.45, 7) is 7.41. The highest BCUT2D eigenvalue weighted by Gasteiger charge is 2.24. The molecule has 0 saturated heterocycles. The number of hydrogen-bond donors (Lipinski definition) is 1. The molecule has 0 aliphatic heterocycles. The Balaban J connectivity index is 0.00000264. The smallest absolute Gasteiger partial charge is 0.264 e. The van der Waals surface area contributed by atoms with Crippen LogP contribution in [0.4, 0.5) is 0 Å². The van der Waals surface area contributed by atoms with Crippen LogP contribution in [0.5, 0.6) is 0 Å². The molecule has 126 valence electrons. The van der Waals surface area contributed by atoms with Gasteiger partial charge >= 0.3 is 0 Å². The highest BCUT2D eigenvalue weighted by Crippen LogP contribution is 2.30. The topological polar surface area (TPSA) is 46.3 Å². The van der Waals surface area contributed by atoms with Gasteiger partial charge in [-0.3, -0.25) is 4.79 Å². The molecule has 23 heavy (non-hydrogen) atoms. The van der Waals surface area contributed by atoms with Gasteiger partial charge in [-0.1, -0.05) is 43.7 Å². The predicted octanol–water partition coefficient (Wildman–Crippen LogP) is 4.20. The molecular formula is C18H25ClN2OS. The van der Waals surface area contributed by atoms with Gasteiger partial charge in [0.2, 0.25) is 0 Å². The number of nitrogens with zero attached hydrogens (tertiary/aromatic N) is 1. The first-order chi connectivity index (χ1) is 10.3. The van der Waals surface area contributed by atoms with Crippen LogP contribution in [0.1, 0.15) is 29.1 Å². The first-order valence-electron chi connectivity index (χ1n) is 7.44. The summed E-state index contributed by atoms with van der Waals surface area (Å²) in [6, 6.07) is 10.3. The maximum atomic E-state index is 12.8. The summed E-state index contributed by atoms with van der Waals surface area (Å²) in [5.41, 5.74) is 9.00. The van der Waals surface area contributed by atoms with E-state index in [0.717, 1.165) is 16.0 Å². The van der Waals surface area contributed by atoms with Crippen LogP contribution in [0.3, 0.4) is 0 Å². The van der Waals surface area contributed by atoms with Crippen molar-refractivity contribution in [3.05, 3.63) is 46.2 Å². The molecule has 0 radical (unpaired) electrons. The van der Waals surface area contributed by atoms with Crippen molar-refractivity contribution in [1.29, 1.82) is 0 Å². The number of rotatable bonds is 5. The molecule has 0 aliphatic carbocycles. The van der Waals surface area contributed by atoms with Gasteiger partial charge in [0.15, 0.2) is 0 Å². The first-order valence-corrected chi connectivity index (χ1v) is 8.32. The predicted molar refractivity (Wildman–Crippen MR) is 102 cm³/mol. The molecule has 0 bridgehead atoms. The van der Waals surface area contributed by atoms with E-state index in [4.69, 9.17) is 5.73 Å². The molecule has 5 heteroatoms. The van der Waals surface area contributed by atoms with Crippen molar-refractivity contribution in [3.8, 4) is 11.1 Å². The molecule has 0 atom stereocenters. The van der Waals surface area contributed by atoms with Gasteiger partial charge < -0.3 is 10.6 Å². The van der Waals surface area contributed by atoms with E-state index >= 15 is 0 Å². The van der Waals surface area contributed by atoms with Crippen LogP contribution >= 0.6 is 23.7 Å². The summed E-state index contributed by atoms with van der Waals surface area (Å²) < 4.78 is 0. The average Bonchev–Trinajstić information content (AvgIpc) is 2.96. The van der Waals surface area contributed by atoms with E-state index < -0.39 is 0 Å². The molecule has 0 fully saturated rings. The zero-order valence-corrected chi connectivity index (χ0v) is 15.8. The van der Waals surface area contributed by atoms with E-state index in [1.807, 2.05) is 18.5 Å². The number of amides is 1. The lowest BCUT2D eigenvalue weighted by molar-refractivity contribution is 0.0746. The third kappa shape index (κ3) is 4.80. The zero-order chi connectivity index (χ0) is 16.3. The third-order valence-corrected chi connectivity index (χ3v) is 4.69. The van der Waals surface area contributed by atoms with Gasteiger partial charge in [0.05, 0.1) is 4.88 Å². The van der Waals surface area contributed by atoms with Crippen LogP contribution < -0.4 is 5.73 Å². The Hall–Kier alpha value is -1.36. The zero-order valence-electron chi connectivity index (χ0n) is 14.1. The Kier molecular flexibility index (Phi) is 6.81. The van der Waals surface area contributed by atoms with Crippen molar-refractivity contribution in [1.82, 2.24) is 4.90 Å². The molecular weight excluding hydrogens is 328 g/mol. The van der Waals surface area contributed by atoms with Gasteiger partial charge in [-0.05, 0) is 35.9 Å². The summed E-state index contributed by atoms with van der Waals surface area (Å²) in [5, 5.41) is 1.98. The molecule has 1 aromatic carbocycles. The van der Waals surface area contributed by atoms with Crippen LogP contribution in [0.15, 0.2) is 35.7 Å². The standard InChI is InChI=1S/C18H24N2OS.ClH/c1-13-5-7-14(8-6-13)15-9-10-22-16(15)17(21)20(4)12-18(2,3)11-19;/h5-10H,11-12,19H2,1-4H3;1H. The number of carbonyl (C=O) groups is 1. The molecule has 2 N–H and O–H groups in total. The minimum absolute atomic E-state index is 0. The summed E-state index contributed by atoms with van der Waals surface area (Å²) in [6.07, 6.45) is 0. The molecule has 2 aromatic rings. The number of thiophene rings is 1. The lowest BCUT2D eigenvalue weighted by Crippen LogP contribution is -2.39. The number of nitrogens with two attached hydrogens (primary N) is 1. The van der Waals surface area contributed by atoms with Gasteiger partial charge in [0.1, 0.15) is 0 Å². The maximum Gasteiger partial charge on any atom is 0.264 e. The van der Waals surface area contributed by atoms with Gasteiger partial charge in [-0.2, -0.15) is 0 Å². The summed E-state index contributed by atoms with van der Waals surface area (Å²) in [7, 11) is 1.85. The van der Waals surface area contributed by atoms with Crippen LogP contribution in [0.2, 0.25) is 0 Å². The molecule has 0 unspecified atom stereocenters. The second kappa shape index (κ2) is 7.95. The second-order valence-corrected chi connectivity index (χ2v) is 7.48. The van der Waals surface area contributed by atoms with Gasteiger partial charge in [0.25, 0.3) is 5.91 Å². The molecule has 2 rings (SSSR count). The molecule has 0 aliphatic rings. The quantitative estimate of drug-likeness (QED) is 0.876. The van der Waals surface area contributed by atoms with Gasteiger partial charge in [0, 0.05) is 19.2 Å². The Labute approximate surface area is 148 Å².